The molecule has 78 valence electrons. The molecule has 1 heterocycles. The van der Waals surface area contributed by atoms with Crippen molar-refractivity contribution in [1.82, 2.24) is 4.90 Å². The first-order valence-electron chi connectivity index (χ1n) is 5.24. The number of β-amino-alcohol motifs (C(OH)–C–C–N with tert-alkyl or cyclic N) is 1. The van der Waals surface area contributed by atoms with Gasteiger partial charge in [-0.2, -0.15) is 0 Å². The van der Waals surface area contributed by atoms with Gasteiger partial charge in [0.05, 0.1) is 12.2 Å². The fourth-order valence-corrected chi connectivity index (χ4v) is 1.67. The normalized spacial score (nSPS) is 28.4. The maximum absolute atomic E-state index is 9.51. The highest BCUT2D eigenvalue weighted by molar-refractivity contribution is 4.69. The minimum atomic E-state index is -0.176. The van der Waals surface area contributed by atoms with Crippen LogP contribution in [0.15, 0.2) is 0 Å². The van der Waals surface area contributed by atoms with Crippen molar-refractivity contribution in [3.05, 3.63) is 0 Å². The van der Waals surface area contributed by atoms with Gasteiger partial charge in [0.2, 0.25) is 0 Å². The zero-order valence-electron chi connectivity index (χ0n) is 8.70. The molecule has 1 rings (SSSR count). The van der Waals surface area contributed by atoms with Gasteiger partial charge >= 0.3 is 0 Å². The molecular formula is C10H21NO2. The third-order valence-electron chi connectivity index (χ3n) is 2.48. The smallest absolute Gasteiger partial charge is 0.0673 e. The third kappa shape index (κ3) is 4.07. The van der Waals surface area contributed by atoms with Crippen LogP contribution in [0, 0.1) is 0 Å². The third-order valence-corrected chi connectivity index (χ3v) is 2.48. The molecule has 1 saturated heterocycles. The largest absolute Gasteiger partial charge is 0.392 e. The van der Waals surface area contributed by atoms with Crippen molar-refractivity contribution in [2.24, 2.45) is 0 Å². The minimum absolute atomic E-state index is 0.176. The molecule has 1 aliphatic rings. The second-order valence-corrected chi connectivity index (χ2v) is 3.86. The quantitative estimate of drug-likeness (QED) is 0.711. The van der Waals surface area contributed by atoms with Crippen molar-refractivity contribution in [2.45, 2.75) is 38.9 Å². The average Bonchev–Trinajstić information content (AvgIpc) is 2.30. The van der Waals surface area contributed by atoms with Crippen molar-refractivity contribution in [2.75, 3.05) is 26.2 Å². The molecule has 0 amide bonds. The number of rotatable bonds is 3. The molecule has 2 atom stereocenters. The first kappa shape index (κ1) is 11.0. The van der Waals surface area contributed by atoms with Crippen molar-refractivity contribution in [3.8, 4) is 0 Å². The van der Waals surface area contributed by atoms with Gasteiger partial charge in [0, 0.05) is 26.2 Å². The number of ether oxygens (including phenoxy) is 1. The van der Waals surface area contributed by atoms with E-state index >= 15 is 0 Å². The number of hydrogen-bond acceptors (Lipinski definition) is 3. The van der Waals surface area contributed by atoms with E-state index in [1.54, 1.807) is 0 Å². The molecule has 1 aliphatic heterocycles. The van der Waals surface area contributed by atoms with Crippen molar-refractivity contribution in [3.63, 3.8) is 0 Å². The zero-order chi connectivity index (χ0) is 9.68. The lowest BCUT2D eigenvalue weighted by atomic mass is 10.2. The second kappa shape index (κ2) is 5.58. The van der Waals surface area contributed by atoms with E-state index < -0.39 is 0 Å². The van der Waals surface area contributed by atoms with E-state index in [0.29, 0.717) is 6.10 Å². The van der Waals surface area contributed by atoms with Crippen LogP contribution < -0.4 is 0 Å². The number of aliphatic hydroxyl groups is 1. The summed E-state index contributed by atoms with van der Waals surface area (Å²) >= 11 is 0. The molecule has 0 saturated carbocycles. The Morgan fingerprint density at radius 3 is 3.08 bits per heavy atom. The van der Waals surface area contributed by atoms with Crippen LogP contribution in [0.2, 0.25) is 0 Å². The van der Waals surface area contributed by atoms with Crippen molar-refractivity contribution in [1.29, 1.82) is 0 Å². The van der Waals surface area contributed by atoms with E-state index in [0.717, 1.165) is 39.1 Å². The van der Waals surface area contributed by atoms with Crippen LogP contribution >= 0.6 is 0 Å². The molecule has 1 fully saturated rings. The summed E-state index contributed by atoms with van der Waals surface area (Å²) in [7, 11) is 0. The van der Waals surface area contributed by atoms with Gasteiger partial charge in [0.15, 0.2) is 0 Å². The van der Waals surface area contributed by atoms with Gasteiger partial charge in [0.25, 0.3) is 0 Å². The van der Waals surface area contributed by atoms with E-state index in [9.17, 15) is 5.11 Å². The fraction of sp³-hybridized carbons (Fsp3) is 1.00. The summed E-state index contributed by atoms with van der Waals surface area (Å²) in [5.74, 6) is 0. The lowest BCUT2D eigenvalue weighted by molar-refractivity contribution is 0.0558. The van der Waals surface area contributed by atoms with Crippen LogP contribution in [0.25, 0.3) is 0 Å². The Morgan fingerprint density at radius 2 is 2.38 bits per heavy atom. The predicted octanol–water partition coefficient (Wildman–Crippen LogP) is 0.868. The van der Waals surface area contributed by atoms with Crippen LogP contribution in [0.4, 0.5) is 0 Å². The minimum Gasteiger partial charge on any atom is -0.392 e. The molecule has 0 spiro atoms. The fourth-order valence-electron chi connectivity index (χ4n) is 1.67. The Morgan fingerprint density at radius 1 is 1.62 bits per heavy atom. The molecule has 0 aromatic heterocycles. The SMILES string of the molecule is CCC(O)CN1CCCOC(C)C1. The Bertz CT molecular complexity index is 141. The van der Waals surface area contributed by atoms with Crippen molar-refractivity contribution < 1.29 is 9.84 Å². The van der Waals surface area contributed by atoms with E-state index in [4.69, 9.17) is 4.74 Å². The average molecular weight is 187 g/mol. The Labute approximate surface area is 80.7 Å². The standard InChI is InChI=1S/C10H21NO2/c1-3-10(12)8-11-5-4-6-13-9(2)7-11/h9-10,12H,3-8H2,1-2H3. The summed E-state index contributed by atoms with van der Waals surface area (Å²) in [6, 6.07) is 0. The molecule has 13 heavy (non-hydrogen) atoms. The van der Waals surface area contributed by atoms with E-state index in [1.165, 1.54) is 0 Å². The summed E-state index contributed by atoms with van der Waals surface area (Å²) < 4.78 is 5.52. The monoisotopic (exact) mass is 187 g/mol. The highest BCUT2D eigenvalue weighted by Crippen LogP contribution is 2.06. The van der Waals surface area contributed by atoms with E-state index in [2.05, 4.69) is 11.8 Å². The first-order valence-corrected chi connectivity index (χ1v) is 5.24. The van der Waals surface area contributed by atoms with Crippen LogP contribution in [0.5, 0.6) is 0 Å². The molecule has 1 N–H and O–H groups in total. The molecule has 0 aromatic carbocycles. The molecule has 0 aliphatic carbocycles. The van der Waals surface area contributed by atoms with E-state index in [1.807, 2.05) is 6.92 Å². The molecule has 3 nitrogen and oxygen atoms in total. The van der Waals surface area contributed by atoms with Crippen LogP contribution in [-0.4, -0.2) is 48.5 Å². The Hall–Kier alpha value is -0.120. The van der Waals surface area contributed by atoms with Gasteiger partial charge in [-0.15, -0.1) is 0 Å². The van der Waals surface area contributed by atoms with Crippen LogP contribution in [0.3, 0.4) is 0 Å². The highest BCUT2D eigenvalue weighted by atomic mass is 16.5. The van der Waals surface area contributed by atoms with Crippen molar-refractivity contribution >= 4 is 0 Å². The molecule has 0 aromatic rings. The highest BCUT2D eigenvalue weighted by Gasteiger charge is 2.16. The molecular weight excluding hydrogens is 166 g/mol. The maximum Gasteiger partial charge on any atom is 0.0673 e. The topological polar surface area (TPSA) is 32.7 Å². The zero-order valence-corrected chi connectivity index (χ0v) is 8.70. The van der Waals surface area contributed by atoms with E-state index in [-0.39, 0.29) is 6.10 Å². The Kier molecular flexibility index (Phi) is 4.70. The Balaban J connectivity index is 2.30. The predicted molar refractivity (Wildman–Crippen MR) is 52.8 cm³/mol. The van der Waals surface area contributed by atoms with Gasteiger partial charge in [-0.3, -0.25) is 4.90 Å². The van der Waals surface area contributed by atoms with Gasteiger partial charge in [0.1, 0.15) is 0 Å². The lowest BCUT2D eigenvalue weighted by Crippen LogP contribution is -2.36. The number of nitrogens with zero attached hydrogens (tertiary/aromatic N) is 1. The van der Waals surface area contributed by atoms with Gasteiger partial charge < -0.3 is 9.84 Å². The van der Waals surface area contributed by atoms with Crippen LogP contribution in [-0.2, 0) is 4.74 Å². The molecule has 0 bridgehead atoms. The number of hydrogen-bond donors (Lipinski definition) is 1. The van der Waals surface area contributed by atoms with Gasteiger partial charge in [-0.1, -0.05) is 6.92 Å². The lowest BCUT2D eigenvalue weighted by Gasteiger charge is -2.23. The second-order valence-electron chi connectivity index (χ2n) is 3.86. The summed E-state index contributed by atoms with van der Waals surface area (Å²) in [6.07, 6.45) is 2.06. The number of aliphatic hydroxyl groups excluding tert-OH is 1. The summed E-state index contributed by atoms with van der Waals surface area (Å²) in [5.41, 5.74) is 0. The summed E-state index contributed by atoms with van der Waals surface area (Å²) in [6.45, 7) is 7.78. The van der Waals surface area contributed by atoms with Gasteiger partial charge in [-0.25, -0.2) is 0 Å². The van der Waals surface area contributed by atoms with Gasteiger partial charge in [-0.05, 0) is 19.8 Å². The first-order chi connectivity index (χ1) is 6.22. The molecule has 2 unspecified atom stereocenters. The maximum atomic E-state index is 9.51. The molecule has 3 heteroatoms. The molecule has 0 radical (unpaired) electrons. The summed E-state index contributed by atoms with van der Waals surface area (Å²) in [4.78, 5) is 2.30. The van der Waals surface area contributed by atoms with Crippen LogP contribution in [0.1, 0.15) is 26.7 Å². The summed E-state index contributed by atoms with van der Waals surface area (Å²) in [5, 5.41) is 9.51.